The number of piperidine rings is 1. The second-order valence-electron chi connectivity index (χ2n) is 3.36. The topological polar surface area (TPSA) is 32.4 Å². The van der Waals surface area contributed by atoms with Gasteiger partial charge in [0.15, 0.2) is 0 Å². The molecule has 1 aliphatic heterocycles. The minimum atomic E-state index is 0.0498. The molecule has 0 aromatic rings. The summed E-state index contributed by atoms with van der Waals surface area (Å²) in [7, 11) is 1.77. The van der Waals surface area contributed by atoms with E-state index >= 15 is 0 Å². The number of ether oxygens (including phenoxy) is 1. The predicted molar refractivity (Wildman–Crippen MR) is 46.6 cm³/mol. The van der Waals surface area contributed by atoms with Gasteiger partial charge in [-0.25, -0.2) is 5.11 Å². The molecule has 3 heteroatoms. The molecule has 0 saturated carbocycles. The Hall–Kier alpha value is -0.120. The highest BCUT2D eigenvalue weighted by Crippen LogP contribution is 2.12. The van der Waals surface area contributed by atoms with Crippen LogP contribution in [0.1, 0.15) is 19.3 Å². The third-order valence-corrected chi connectivity index (χ3v) is 2.41. The molecule has 0 amide bonds. The first-order chi connectivity index (χ1) is 5.86. The maximum Gasteiger partial charge on any atom is 0.0834 e. The van der Waals surface area contributed by atoms with Gasteiger partial charge in [0.2, 0.25) is 0 Å². The van der Waals surface area contributed by atoms with E-state index < -0.39 is 0 Å². The Kier molecular flexibility index (Phi) is 4.58. The largest absolute Gasteiger partial charge is 0.380 e. The highest BCUT2D eigenvalue weighted by Gasteiger charge is 2.18. The van der Waals surface area contributed by atoms with E-state index in [4.69, 9.17) is 4.74 Å². The van der Waals surface area contributed by atoms with Crippen molar-refractivity contribution >= 4 is 0 Å². The van der Waals surface area contributed by atoms with Crippen LogP contribution in [-0.4, -0.2) is 44.4 Å². The molecule has 1 fully saturated rings. The van der Waals surface area contributed by atoms with Gasteiger partial charge in [-0.05, 0) is 25.8 Å². The van der Waals surface area contributed by atoms with Crippen molar-refractivity contribution in [3.05, 3.63) is 0 Å². The first kappa shape index (κ1) is 9.96. The second-order valence-corrected chi connectivity index (χ2v) is 3.36. The zero-order chi connectivity index (χ0) is 8.81. The van der Waals surface area contributed by atoms with Crippen LogP contribution in [0.3, 0.4) is 0 Å². The van der Waals surface area contributed by atoms with E-state index in [1.165, 1.54) is 12.8 Å². The third-order valence-electron chi connectivity index (χ3n) is 2.41. The van der Waals surface area contributed by atoms with E-state index in [1.54, 1.807) is 7.11 Å². The Labute approximate surface area is 74.3 Å². The van der Waals surface area contributed by atoms with Crippen molar-refractivity contribution in [2.75, 3.05) is 33.4 Å². The van der Waals surface area contributed by atoms with Crippen LogP contribution in [0.15, 0.2) is 0 Å². The molecule has 1 rings (SSSR count). The molecule has 1 heterocycles. The first-order valence-electron chi connectivity index (χ1n) is 4.70. The predicted octanol–water partition coefficient (Wildman–Crippen LogP) is 0.918. The van der Waals surface area contributed by atoms with Crippen molar-refractivity contribution in [2.24, 2.45) is 0 Å². The number of likely N-dealkylation sites (tertiary alicyclic amines) is 1. The van der Waals surface area contributed by atoms with Gasteiger partial charge in [0.05, 0.1) is 12.7 Å². The van der Waals surface area contributed by atoms with Gasteiger partial charge in [0.1, 0.15) is 0 Å². The molecule has 0 aromatic heterocycles. The van der Waals surface area contributed by atoms with Gasteiger partial charge in [0.25, 0.3) is 0 Å². The third kappa shape index (κ3) is 3.09. The smallest absolute Gasteiger partial charge is 0.0834 e. The number of nitrogens with zero attached hydrogens (tertiary/aromatic N) is 1. The number of methoxy groups -OCH3 is 1. The zero-order valence-corrected chi connectivity index (χ0v) is 7.79. The van der Waals surface area contributed by atoms with E-state index in [0.717, 1.165) is 26.1 Å². The molecule has 71 valence electrons. The first-order valence-corrected chi connectivity index (χ1v) is 4.70. The minimum absolute atomic E-state index is 0.0498. The van der Waals surface area contributed by atoms with Crippen molar-refractivity contribution < 1.29 is 9.84 Å². The second kappa shape index (κ2) is 5.51. The molecule has 0 aliphatic carbocycles. The Morgan fingerprint density at radius 3 is 3.08 bits per heavy atom. The lowest BCUT2D eigenvalue weighted by Crippen LogP contribution is -2.39. The molecule has 0 N–H and O–H groups in total. The van der Waals surface area contributed by atoms with Crippen LogP contribution in [0.2, 0.25) is 0 Å². The fourth-order valence-electron chi connectivity index (χ4n) is 1.70. The lowest BCUT2D eigenvalue weighted by atomic mass is 10.1. The van der Waals surface area contributed by atoms with Crippen LogP contribution >= 0.6 is 0 Å². The molecule has 3 nitrogen and oxygen atoms in total. The highest BCUT2D eigenvalue weighted by molar-refractivity contribution is 4.72. The molecule has 1 aliphatic rings. The molecule has 12 heavy (non-hydrogen) atoms. The monoisotopic (exact) mass is 172 g/mol. The molecule has 1 radical (unpaired) electrons. The number of hydrogen-bond donors (Lipinski definition) is 0. The summed E-state index contributed by atoms with van der Waals surface area (Å²) in [4.78, 5) is 2.33. The standard InChI is InChI=1S/C9H18NO2/c1-12-9-4-2-5-10(8-9)6-3-7-11/h9H,2-8H2,1H3. The average Bonchev–Trinajstić information content (AvgIpc) is 2.15. The summed E-state index contributed by atoms with van der Waals surface area (Å²) in [5, 5.41) is 10.3. The van der Waals surface area contributed by atoms with Crippen LogP contribution in [0.5, 0.6) is 0 Å². The zero-order valence-electron chi connectivity index (χ0n) is 7.79. The summed E-state index contributed by atoms with van der Waals surface area (Å²) in [6.07, 6.45) is 3.54. The fourth-order valence-corrected chi connectivity index (χ4v) is 1.70. The molecule has 0 aromatic carbocycles. The van der Waals surface area contributed by atoms with Crippen LogP contribution in [-0.2, 0) is 9.84 Å². The van der Waals surface area contributed by atoms with E-state index in [0.29, 0.717) is 6.10 Å². The number of rotatable bonds is 4. The van der Waals surface area contributed by atoms with Gasteiger partial charge >= 0.3 is 0 Å². The summed E-state index contributed by atoms with van der Waals surface area (Å²) in [6.45, 7) is 3.15. The van der Waals surface area contributed by atoms with Gasteiger partial charge in [-0.2, -0.15) is 0 Å². The van der Waals surface area contributed by atoms with Gasteiger partial charge in [-0.3, -0.25) is 0 Å². The van der Waals surface area contributed by atoms with Crippen LogP contribution < -0.4 is 0 Å². The van der Waals surface area contributed by atoms with Gasteiger partial charge < -0.3 is 9.64 Å². The van der Waals surface area contributed by atoms with E-state index in [2.05, 4.69) is 4.90 Å². The molecule has 1 unspecified atom stereocenters. The van der Waals surface area contributed by atoms with Crippen molar-refractivity contribution in [3.63, 3.8) is 0 Å². The van der Waals surface area contributed by atoms with Crippen molar-refractivity contribution in [2.45, 2.75) is 25.4 Å². The fraction of sp³-hybridized carbons (Fsp3) is 1.00. The van der Waals surface area contributed by atoms with E-state index in [-0.39, 0.29) is 6.61 Å². The summed E-state index contributed by atoms with van der Waals surface area (Å²) >= 11 is 0. The molecule has 0 spiro atoms. The van der Waals surface area contributed by atoms with E-state index in [9.17, 15) is 5.11 Å². The molecule has 1 saturated heterocycles. The summed E-state index contributed by atoms with van der Waals surface area (Å²) in [5.74, 6) is 0. The van der Waals surface area contributed by atoms with E-state index in [1.807, 2.05) is 0 Å². The average molecular weight is 172 g/mol. The van der Waals surface area contributed by atoms with Gasteiger partial charge in [0, 0.05) is 20.2 Å². The van der Waals surface area contributed by atoms with Crippen molar-refractivity contribution in [1.29, 1.82) is 0 Å². The maximum atomic E-state index is 10.3. The SMILES string of the molecule is COC1CCCN(CCC[O])C1. The highest BCUT2D eigenvalue weighted by atomic mass is 16.5. The normalized spacial score (nSPS) is 26.0. The van der Waals surface area contributed by atoms with Gasteiger partial charge in [-0.1, -0.05) is 0 Å². The summed E-state index contributed by atoms with van der Waals surface area (Å²) in [6, 6.07) is 0. The number of hydrogen-bond acceptors (Lipinski definition) is 2. The lowest BCUT2D eigenvalue weighted by molar-refractivity contribution is 0.0281. The lowest BCUT2D eigenvalue weighted by Gasteiger charge is -2.31. The van der Waals surface area contributed by atoms with Crippen LogP contribution in [0, 0.1) is 0 Å². The molecular formula is C9H18NO2. The summed E-state index contributed by atoms with van der Waals surface area (Å²) < 4.78 is 5.28. The van der Waals surface area contributed by atoms with Gasteiger partial charge in [-0.15, -0.1) is 0 Å². The Morgan fingerprint density at radius 1 is 1.58 bits per heavy atom. The van der Waals surface area contributed by atoms with Crippen LogP contribution in [0.25, 0.3) is 0 Å². The van der Waals surface area contributed by atoms with Crippen molar-refractivity contribution in [3.8, 4) is 0 Å². The molecular weight excluding hydrogens is 154 g/mol. The maximum absolute atomic E-state index is 10.3. The Balaban J connectivity index is 2.16. The van der Waals surface area contributed by atoms with Crippen LogP contribution in [0.4, 0.5) is 0 Å². The molecule has 0 bridgehead atoms. The Morgan fingerprint density at radius 2 is 2.42 bits per heavy atom. The summed E-state index contributed by atoms with van der Waals surface area (Å²) in [5.41, 5.74) is 0. The quantitative estimate of drug-likeness (QED) is 0.631. The minimum Gasteiger partial charge on any atom is -0.380 e. The van der Waals surface area contributed by atoms with Crippen molar-refractivity contribution in [1.82, 2.24) is 4.90 Å². The Bertz CT molecular complexity index is 119. The molecule has 1 atom stereocenters.